The Morgan fingerprint density at radius 1 is 1.12 bits per heavy atom. The number of rotatable bonds is 2. The van der Waals surface area contributed by atoms with Crippen LogP contribution in [-0.4, -0.2) is 75.0 Å². The lowest BCUT2D eigenvalue weighted by atomic mass is 10.1. The summed E-state index contributed by atoms with van der Waals surface area (Å²) in [5.74, 6) is -3.90. The van der Waals surface area contributed by atoms with Gasteiger partial charge in [0.15, 0.2) is 17.4 Å². The minimum atomic E-state index is -3.45. The molecule has 2 heterocycles. The van der Waals surface area contributed by atoms with Crippen LogP contribution >= 0.6 is 0 Å². The van der Waals surface area contributed by atoms with Crippen molar-refractivity contribution in [2.24, 2.45) is 0 Å². The van der Waals surface area contributed by atoms with Crippen LogP contribution in [0.3, 0.4) is 0 Å². The number of benzene rings is 1. The van der Waals surface area contributed by atoms with Crippen LogP contribution in [0.4, 0.5) is 8.78 Å². The van der Waals surface area contributed by atoms with Gasteiger partial charge in [-0.25, -0.2) is 17.2 Å². The normalized spacial score (nSPS) is 25.3. The lowest BCUT2D eigenvalue weighted by Gasteiger charge is -2.42. The van der Waals surface area contributed by atoms with Gasteiger partial charge in [-0.05, 0) is 24.6 Å². The summed E-state index contributed by atoms with van der Waals surface area (Å²) in [6, 6.07) is 2.95. The Labute approximate surface area is 150 Å². The minimum Gasteiger partial charge on any atom is -0.347 e. The van der Waals surface area contributed by atoms with Gasteiger partial charge in [-0.2, -0.15) is 4.31 Å². The number of halogens is 2. The van der Waals surface area contributed by atoms with Gasteiger partial charge >= 0.3 is 0 Å². The van der Waals surface area contributed by atoms with Crippen molar-refractivity contribution in [2.75, 3.05) is 45.6 Å². The van der Waals surface area contributed by atoms with E-state index in [4.69, 9.17) is 9.47 Å². The average Bonchev–Trinajstić information content (AvgIpc) is 2.79. The highest BCUT2D eigenvalue weighted by molar-refractivity contribution is 7.88. The maximum absolute atomic E-state index is 13.4. The number of carbonyl (C=O) groups excluding carboxylic acids is 1. The van der Waals surface area contributed by atoms with Crippen molar-refractivity contribution in [1.29, 1.82) is 0 Å². The molecule has 2 fully saturated rings. The molecular weight excluding hydrogens is 370 g/mol. The van der Waals surface area contributed by atoms with E-state index in [-0.39, 0.29) is 31.8 Å². The highest BCUT2D eigenvalue weighted by Crippen LogP contribution is 2.26. The first kappa shape index (κ1) is 19.2. The monoisotopic (exact) mass is 390 g/mol. The number of carbonyl (C=O) groups is 1. The Balaban J connectivity index is 1.81. The molecule has 0 bridgehead atoms. The van der Waals surface area contributed by atoms with Crippen LogP contribution in [0, 0.1) is 11.6 Å². The molecule has 2 aliphatic heterocycles. The summed E-state index contributed by atoms with van der Waals surface area (Å²) >= 11 is 0. The molecule has 0 saturated carbocycles. The summed E-state index contributed by atoms with van der Waals surface area (Å²) < 4.78 is 63.1. The number of nitrogens with zero attached hydrogens (tertiary/aromatic N) is 2. The fraction of sp³-hybridized carbons (Fsp3) is 0.562. The molecule has 1 aromatic rings. The Morgan fingerprint density at radius 2 is 1.85 bits per heavy atom. The topological polar surface area (TPSA) is 76.2 Å². The molecule has 1 atom stereocenters. The number of hydrogen-bond acceptors (Lipinski definition) is 5. The predicted octanol–water partition coefficient (Wildman–Crippen LogP) is 0.815. The van der Waals surface area contributed by atoms with Crippen LogP contribution in [0.25, 0.3) is 0 Å². The standard InChI is InChI=1S/C16H20F2N2O5S/c1-26(22,23)20-5-2-7-24-16(11-20)10-19(6-8-25-16)15(21)12-3-4-13(17)14(18)9-12/h3-4,9H,2,5-8,10-11H2,1H3. The Hall–Kier alpha value is -1.62. The highest BCUT2D eigenvalue weighted by Gasteiger charge is 2.44. The molecular formula is C16H20F2N2O5S. The quantitative estimate of drug-likeness (QED) is 0.747. The molecule has 1 aromatic carbocycles. The van der Waals surface area contributed by atoms with Gasteiger partial charge in [0, 0.05) is 18.7 Å². The zero-order valence-electron chi connectivity index (χ0n) is 14.3. The largest absolute Gasteiger partial charge is 0.347 e. The van der Waals surface area contributed by atoms with E-state index in [9.17, 15) is 22.0 Å². The third-order valence-corrected chi connectivity index (χ3v) is 5.66. The molecule has 3 rings (SSSR count). The third kappa shape index (κ3) is 4.03. The molecule has 0 radical (unpaired) electrons. The zero-order valence-corrected chi connectivity index (χ0v) is 15.1. The van der Waals surface area contributed by atoms with Crippen LogP contribution in [0.15, 0.2) is 18.2 Å². The maximum Gasteiger partial charge on any atom is 0.254 e. The molecule has 1 unspecified atom stereocenters. The van der Waals surface area contributed by atoms with Crippen molar-refractivity contribution >= 4 is 15.9 Å². The van der Waals surface area contributed by atoms with Gasteiger partial charge in [0.1, 0.15) is 0 Å². The lowest BCUT2D eigenvalue weighted by Crippen LogP contribution is -2.59. The fourth-order valence-corrected chi connectivity index (χ4v) is 3.99. The van der Waals surface area contributed by atoms with E-state index in [0.29, 0.717) is 19.6 Å². The van der Waals surface area contributed by atoms with Gasteiger partial charge in [-0.15, -0.1) is 0 Å². The first-order chi connectivity index (χ1) is 12.2. The second kappa shape index (κ2) is 7.18. The van der Waals surface area contributed by atoms with Gasteiger partial charge in [-0.1, -0.05) is 0 Å². The van der Waals surface area contributed by atoms with E-state index in [1.807, 2.05) is 0 Å². The van der Waals surface area contributed by atoms with Crippen molar-refractivity contribution in [3.8, 4) is 0 Å². The Bertz CT molecular complexity index is 804. The third-order valence-electron chi connectivity index (χ3n) is 4.42. The molecule has 0 aliphatic carbocycles. The second-order valence-corrected chi connectivity index (χ2v) is 8.40. The van der Waals surface area contributed by atoms with Crippen molar-refractivity contribution in [1.82, 2.24) is 9.21 Å². The summed E-state index contributed by atoms with van der Waals surface area (Å²) in [5.41, 5.74) is 0.00883. The van der Waals surface area contributed by atoms with Crippen LogP contribution in [0.1, 0.15) is 16.8 Å². The van der Waals surface area contributed by atoms with Crippen molar-refractivity contribution in [3.63, 3.8) is 0 Å². The van der Waals surface area contributed by atoms with Crippen molar-refractivity contribution in [3.05, 3.63) is 35.4 Å². The van der Waals surface area contributed by atoms with Gasteiger partial charge in [0.2, 0.25) is 10.0 Å². The summed E-state index contributed by atoms with van der Waals surface area (Å²) in [6.45, 7) is 0.944. The van der Waals surface area contributed by atoms with Crippen molar-refractivity contribution < 1.29 is 31.5 Å². The summed E-state index contributed by atoms with van der Waals surface area (Å²) in [6.07, 6.45) is 1.62. The van der Waals surface area contributed by atoms with E-state index >= 15 is 0 Å². The van der Waals surface area contributed by atoms with Crippen LogP contribution in [0.5, 0.6) is 0 Å². The van der Waals surface area contributed by atoms with Crippen LogP contribution in [0.2, 0.25) is 0 Å². The number of hydrogen-bond donors (Lipinski definition) is 0. The summed E-state index contributed by atoms with van der Waals surface area (Å²) in [5, 5.41) is 0. The van der Waals surface area contributed by atoms with E-state index in [0.717, 1.165) is 18.4 Å². The number of morpholine rings is 1. The molecule has 26 heavy (non-hydrogen) atoms. The summed E-state index contributed by atoms with van der Waals surface area (Å²) in [7, 11) is -3.45. The first-order valence-corrected chi connectivity index (χ1v) is 10.0. The molecule has 1 amide bonds. The molecule has 7 nitrogen and oxygen atoms in total. The first-order valence-electron chi connectivity index (χ1n) is 8.18. The van der Waals surface area contributed by atoms with Crippen LogP contribution < -0.4 is 0 Å². The summed E-state index contributed by atoms with van der Waals surface area (Å²) in [4.78, 5) is 14.1. The Kier molecular flexibility index (Phi) is 5.29. The second-order valence-electron chi connectivity index (χ2n) is 6.41. The molecule has 2 saturated heterocycles. The van der Waals surface area contributed by atoms with Gasteiger partial charge < -0.3 is 14.4 Å². The number of amides is 1. The minimum absolute atomic E-state index is 0.00313. The van der Waals surface area contributed by atoms with Gasteiger partial charge in [0.25, 0.3) is 5.91 Å². The fourth-order valence-electron chi connectivity index (χ4n) is 3.10. The number of sulfonamides is 1. The van der Waals surface area contributed by atoms with E-state index in [1.165, 1.54) is 15.3 Å². The average molecular weight is 390 g/mol. The maximum atomic E-state index is 13.4. The zero-order chi connectivity index (χ0) is 18.9. The van der Waals surface area contributed by atoms with Crippen molar-refractivity contribution in [2.45, 2.75) is 12.2 Å². The van der Waals surface area contributed by atoms with Gasteiger partial charge in [0.05, 0.1) is 32.6 Å². The molecule has 0 N–H and O–H groups in total. The number of ether oxygens (including phenoxy) is 2. The van der Waals surface area contributed by atoms with E-state index < -0.39 is 33.4 Å². The van der Waals surface area contributed by atoms with Crippen LogP contribution in [-0.2, 0) is 19.5 Å². The Morgan fingerprint density at radius 3 is 2.54 bits per heavy atom. The molecule has 10 heteroatoms. The van der Waals surface area contributed by atoms with E-state index in [2.05, 4.69) is 0 Å². The van der Waals surface area contributed by atoms with Gasteiger partial charge in [-0.3, -0.25) is 4.79 Å². The smallest absolute Gasteiger partial charge is 0.254 e. The molecule has 0 aromatic heterocycles. The lowest BCUT2D eigenvalue weighted by molar-refractivity contribution is -0.257. The van der Waals surface area contributed by atoms with E-state index in [1.54, 1.807) is 0 Å². The molecule has 144 valence electrons. The highest BCUT2D eigenvalue weighted by atomic mass is 32.2. The SMILES string of the molecule is CS(=O)(=O)N1CCCOC2(CN(C(=O)c3ccc(F)c(F)c3)CCO2)C1. The molecule has 1 spiro atoms. The predicted molar refractivity (Wildman–Crippen MR) is 87.9 cm³/mol. The molecule has 2 aliphatic rings.